The number of nitrogens with one attached hydrogen (secondary N) is 2. The third-order valence-electron chi connectivity index (χ3n) is 1.62. The van der Waals surface area contributed by atoms with Crippen molar-refractivity contribution in [2.24, 2.45) is 5.73 Å². The zero-order valence-electron chi connectivity index (χ0n) is 7.40. The zero-order chi connectivity index (χ0) is 10.6. The molecule has 14 heavy (non-hydrogen) atoms. The molecule has 74 valence electrons. The molecule has 1 unspecified atom stereocenters. The van der Waals surface area contributed by atoms with Crippen molar-refractivity contribution in [2.45, 2.75) is 6.17 Å². The van der Waals surface area contributed by atoms with Crippen molar-refractivity contribution in [1.29, 1.82) is 5.41 Å². The highest BCUT2D eigenvalue weighted by Gasteiger charge is 2.03. The second-order valence-electron chi connectivity index (χ2n) is 2.72. The van der Waals surface area contributed by atoms with Crippen LogP contribution in [0.15, 0.2) is 24.3 Å². The maximum Gasteiger partial charge on any atom is 0.335 e. The predicted molar refractivity (Wildman–Crippen MR) is 53.8 cm³/mol. The molecule has 0 aliphatic carbocycles. The van der Waals surface area contributed by atoms with E-state index in [4.69, 9.17) is 16.2 Å². The fourth-order valence-electron chi connectivity index (χ4n) is 0.976. The second-order valence-corrected chi connectivity index (χ2v) is 2.72. The number of carboxylic acids is 1. The Labute approximate surface area is 81.1 Å². The number of carbonyl (C=O) groups is 1. The predicted octanol–water partition coefficient (Wildman–Crippen LogP) is 0.731. The monoisotopic (exact) mass is 193 g/mol. The minimum absolute atomic E-state index is 0.187. The molecule has 1 atom stereocenters. The van der Waals surface area contributed by atoms with Gasteiger partial charge in [0.2, 0.25) is 0 Å². The minimum Gasteiger partial charge on any atom is -0.478 e. The highest BCUT2D eigenvalue weighted by atomic mass is 16.4. The Kier molecular flexibility index (Phi) is 3.19. The van der Waals surface area contributed by atoms with E-state index in [0.717, 1.165) is 6.21 Å². The Morgan fingerprint density at radius 1 is 1.64 bits per heavy atom. The van der Waals surface area contributed by atoms with Crippen LogP contribution in [0.5, 0.6) is 0 Å². The summed E-state index contributed by atoms with van der Waals surface area (Å²) >= 11 is 0. The van der Waals surface area contributed by atoms with Crippen molar-refractivity contribution < 1.29 is 9.90 Å². The first kappa shape index (κ1) is 10.2. The highest BCUT2D eigenvalue weighted by Crippen LogP contribution is 2.10. The Morgan fingerprint density at radius 3 is 2.93 bits per heavy atom. The summed E-state index contributed by atoms with van der Waals surface area (Å²) in [6.07, 6.45) is 0.437. The summed E-state index contributed by atoms with van der Waals surface area (Å²) in [5.74, 6) is -0.989. The molecule has 0 spiro atoms. The lowest BCUT2D eigenvalue weighted by atomic mass is 10.2. The van der Waals surface area contributed by atoms with Gasteiger partial charge in [0.25, 0.3) is 0 Å². The molecule has 0 heterocycles. The molecule has 0 saturated heterocycles. The summed E-state index contributed by atoms with van der Waals surface area (Å²) in [4.78, 5) is 10.6. The summed E-state index contributed by atoms with van der Waals surface area (Å²) in [6.45, 7) is 0. The van der Waals surface area contributed by atoms with Crippen LogP contribution in [0.1, 0.15) is 10.4 Å². The Morgan fingerprint density at radius 2 is 2.36 bits per heavy atom. The normalized spacial score (nSPS) is 11.8. The lowest BCUT2D eigenvalue weighted by molar-refractivity contribution is 0.0697. The van der Waals surface area contributed by atoms with Crippen LogP contribution in [0, 0.1) is 5.41 Å². The first-order valence-electron chi connectivity index (χ1n) is 3.99. The summed E-state index contributed by atoms with van der Waals surface area (Å²) in [5, 5.41) is 18.3. The minimum atomic E-state index is -0.989. The zero-order valence-corrected chi connectivity index (χ0v) is 7.40. The molecule has 0 aliphatic rings. The van der Waals surface area contributed by atoms with E-state index in [1.54, 1.807) is 12.1 Å². The van der Waals surface area contributed by atoms with Crippen molar-refractivity contribution in [2.75, 3.05) is 5.32 Å². The fraction of sp³-hybridized carbons (Fsp3) is 0.111. The molecule has 0 aliphatic heterocycles. The topological polar surface area (TPSA) is 99.2 Å². The van der Waals surface area contributed by atoms with Gasteiger partial charge >= 0.3 is 5.97 Å². The van der Waals surface area contributed by atoms with Crippen LogP contribution in [0.2, 0.25) is 0 Å². The first-order chi connectivity index (χ1) is 6.63. The van der Waals surface area contributed by atoms with Crippen LogP contribution in [0.4, 0.5) is 5.69 Å². The van der Waals surface area contributed by atoms with Crippen molar-refractivity contribution in [1.82, 2.24) is 0 Å². The van der Waals surface area contributed by atoms with Crippen molar-refractivity contribution in [3.05, 3.63) is 29.8 Å². The van der Waals surface area contributed by atoms with Gasteiger partial charge in [-0.2, -0.15) is 0 Å². The Bertz CT molecular complexity index is 352. The maximum atomic E-state index is 10.6. The van der Waals surface area contributed by atoms with Gasteiger partial charge in [0.05, 0.1) is 5.56 Å². The van der Waals surface area contributed by atoms with Crippen LogP contribution >= 0.6 is 0 Å². The first-order valence-corrected chi connectivity index (χ1v) is 3.99. The van der Waals surface area contributed by atoms with Gasteiger partial charge in [0, 0.05) is 11.9 Å². The van der Waals surface area contributed by atoms with Crippen molar-refractivity contribution >= 4 is 17.9 Å². The van der Waals surface area contributed by atoms with E-state index in [2.05, 4.69) is 5.32 Å². The third-order valence-corrected chi connectivity index (χ3v) is 1.62. The molecule has 5 heteroatoms. The summed E-state index contributed by atoms with van der Waals surface area (Å²) < 4.78 is 0. The number of hydrogen-bond acceptors (Lipinski definition) is 4. The van der Waals surface area contributed by atoms with Gasteiger partial charge in [-0.3, -0.25) is 0 Å². The number of aromatic carboxylic acids is 1. The largest absolute Gasteiger partial charge is 0.478 e. The highest BCUT2D eigenvalue weighted by molar-refractivity contribution is 5.88. The van der Waals surface area contributed by atoms with Crippen molar-refractivity contribution in [3.8, 4) is 0 Å². The van der Waals surface area contributed by atoms with Gasteiger partial charge in [0.1, 0.15) is 6.17 Å². The number of anilines is 1. The van der Waals surface area contributed by atoms with Crippen LogP contribution in [0.3, 0.4) is 0 Å². The van der Waals surface area contributed by atoms with E-state index in [9.17, 15) is 4.79 Å². The quantitative estimate of drug-likeness (QED) is 0.418. The molecule has 0 saturated carbocycles. The number of benzene rings is 1. The summed E-state index contributed by atoms with van der Waals surface area (Å²) in [5.41, 5.74) is 6.20. The lowest BCUT2D eigenvalue weighted by Gasteiger charge is -2.09. The van der Waals surface area contributed by atoms with E-state index < -0.39 is 12.1 Å². The molecule has 5 nitrogen and oxygen atoms in total. The maximum absolute atomic E-state index is 10.6. The molecule has 0 amide bonds. The average molecular weight is 193 g/mol. The van der Waals surface area contributed by atoms with Gasteiger partial charge < -0.3 is 21.6 Å². The van der Waals surface area contributed by atoms with Gasteiger partial charge in [-0.25, -0.2) is 4.79 Å². The molecular weight excluding hydrogens is 182 g/mol. The molecule has 5 N–H and O–H groups in total. The SMILES string of the molecule is N=CC(N)Nc1cccc(C(=O)O)c1. The van der Waals surface area contributed by atoms with Gasteiger partial charge in [-0.05, 0) is 18.2 Å². The number of hydrogen-bond donors (Lipinski definition) is 4. The Hall–Kier alpha value is -1.88. The molecular formula is C9H11N3O2. The van der Waals surface area contributed by atoms with E-state index >= 15 is 0 Å². The van der Waals surface area contributed by atoms with Crippen molar-refractivity contribution in [3.63, 3.8) is 0 Å². The molecule has 1 aromatic carbocycles. The third kappa shape index (κ3) is 2.56. The molecule has 0 radical (unpaired) electrons. The Balaban J connectivity index is 2.83. The van der Waals surface area contributed by atoms with Gasteiger partial charge in [0.15, 0.2) is 0 Å². The van der Waals surface area contributed by atoms with E-state index in [-0.39, 0.29) is 5.56 Å². The molecule has 1 rings (SSSR count). The molecule has 0 bridgehead atoms. The lowest BCUT2D eigenvalue weighted by Crippen LogP contribution is -2.30. The average Bonchev–Trinajstić information content (AvgIpc) is 2.18. The molecule has 1 aromatic rings. The van der Waals surface area contributed by atoms with E-state index in [1.165, 1.54) is 12.1 Å². The van der Waals surface area contributed by atoms with E-state index in [1.807, 2.05) is 0 Å². The van der Waals surface area contributed by atoms with Crippen LogP contribution in [0.25, 0.3) is 0 Å². The standard InChI is InChI=1S/C9H11N3O2/c10-5-8(11)12-7-3-1-2-6(4-7)9(13)14/h1-5,8,10,12H,11H2,(H,13,14). The fourth-order valence-corrected chi connectivity index (χ4v) is 0.976. The van der Waals surface area contributed by atoms with E-state index in [0.29, 0.717) is 5.69 Å². The number of rotatable bonds is 4. The summed E-state index contributed by atoms with van der Waals surface area (Å²) in [7, 11) is 0. The van der Waals surface area contributed by atoms with Gasteiger partial charge in [-0.15, -0.1) is 0 Å². The van der Waals surface area contributed by atoms with Crippen LogP contribution < -0.4 is 11.1 Å². The smallest absolute Gasteiger partial charge is 0.335 e. The van der Waals surface area contributed by atoms with Crippen LogP contribution in [-0.2, 0) is 0 Å². The van der Waals surface area contributed by atoms with Crippen LogP contribution in [-0.4, -0.2) is 23.5 Å². The molecule has 0 fully saturated rings. The summed E-state index contributed by atoms with van der Waals surface area (Å²) in [6, 6.07) is 6.26. The molecule has 0 aromatic heterocycles. The number of carboxylic acid groups (broad SMARTS) is 1. The number of nitrogens with two attached hydrogens (primary N) is 1. The van der Waals surface area contributed by atoms with Gasteiger partial charge in [-0.1, -0.05) is 6.07 Å². The second kappa shape index (κ2) is 4.38.